The summed E-state index contributed by atoms with van der Waals surface area (Å²) in [6.07, 6.45) is 0. The van der Waals surface area contributed by atoms with Gasteiger partial charge in [0.15, 0.2) is 0 Å². The van der Waals surface area contributed by atoms with Gasteiger partial charge in [0.25, 0.3) is 0 Å². The number of halogens is 3. The summed E-state index contributed by atoms with van der Waals surface area (Å²) < 4.78 is 13.4. The Balaban J connectivity index is 0.00000161. The highest BCUT2D eigenvalue weighted by molar-refractivity contribution is 7.10. The molecule has 114 valence electrons. The molecule has 1 N–H and O–H groups in total. The van der Waals surface area contributed by atoms with Crippen LogP contribution in [-0.2, 0) is 0 Å². The summed E-state index contributed by atoms with van der Waals surface area (Å²) in [4.78, 5) is 3.70. The number of rotatable bonds is 3. The van der Waals surface area contributed by atoms with Gasteiger partial charge in [0.05, 0.1) is 11.1 Å². The summed E-state index contributed by atoms with van der Waals surface area (Å²) in [7, 11) is 0. The Bertz CT molecular complexity index is 571. The maximum atomic E-state index is 13.4. The fourth-order valence-corrected chi connectivity index (χ4v) is 3.70. The summed E-state index contributed by atoms with van der Waals surface area (Å²) in [5.74, 6) is -0.361. The van der Waals surface area contributed by atoms with Gasteiger partial charge in [-0.2, -0.15) is 0 Å². The predicted octanol–water partition coefficient (Wildman–Crippen LogP) is 3.96. The van der Waals surface area contributed by atoms with Gasteiger partial charge in [-0.25, -0.2) is 4.39 Å². The molecular weight excluding hydrogens is 330 g/mol. The van der Waals surface area contributed by atoms with E-state index in [1.54, 1.807) is 17.4 Å². The van der Waals surface area contributed by atoms with Crippen molar-refractivity contribution in [2.24, 2.45) is 0 Å². The standard InChI is InChI=1S/C15H16ClFN2S.ClH/c16-12-10-11(3-4-13(12)17)15(14-2-1-9-20-14)19-7-5-18-6-8-19;/h1-4,9-10,15,18H,5-8H2;1H/t15-;/m0./s1. The van der Waals surface area contributed by atoms with Crippen molar-refractivity contribution in [1.82, 2.24) is 10.2 Å². The van der Waals surface area contributed by atoms with Gasteiger partial charge < -0.3 is 5.32 Å². The molecule has 1 atom stereocenters. The quantitative estimate of drug-likeness (QED) is 0.904. The van der Waals surface area contributed by atoms with E-state index in [-0.39, 0.29) is 29.3 Å². The molecule has 0 aliphatic carbocycles. The largest absolute Gasteiger partial charge is 0.314 e. The third kappa shape index (κ3) is 3.76. The molecule has 3 rings (SSSR count). The van der Waals surface area contributed by atoms with E-state index in [1.807, 2.05) is 6.07 Å². The highest BCUT2D eigenvalue weighted by Crippen LogP contribution is 2.33. The van der Waals surface area contributed by atoms with Crippen LogP contribution in [0.5, 0.6) is 0 Å². The van der Waals surface area contributed by atoms with Crippen LogP contribution < -0.4 is 5.32 Å². The van der Waals surface area contributed by atoms with Gasteiger partial charge in [0.2, 0.25) is 0 Å². The van der Waals surface area contributed by atoms with E-state index < -0.39 is 0 Å². The average molecular weight is 347 g/mol. The molecule has 6 heteroatoms. The summed E-state index contributed by atoms with van der Waals surface area (Å²) in [6.45, 7) is 3.93. The lowest BCUT2D eigenvalue weighted by Gasteiger charge is -2.34. The highest BCUT2D eigenvalue weighted by Gasteiger charge is 2.25. The van der Waals surface area contributed by atoms with Crippen molar-refractivity contribution in [3.8, 4) is 0 Å². The zero-order valence-corrected chi connectivity index (χ0v) is 13.8. The molecule has 1 fully saturated rings. The monoisotopic (exact) mass is 346 g/mol. The molecule has 2 aromatic rings. The van der Waals surface area contributed by atoms with E-state index >= 15 is 0 Å². The van der Waals surface area contributed by atoms with Crippen molar-refractivity contribution in [3.63, 3.8) is 0 Å². The number of hydrogen-bond donors (Lipinski definition) is 1. The van der Waals surface area contributed by atoms with Crippen LogP contribution in [0.2, 0.25) is 5.02 Å². The third-order valence-corrected chi connectivity index (χ3v) is 4.80. The van der Waals surface area contributed by atoms with Crippen LogP contribution in [0.3, 0.4) is 0 Å². The number of thiophene rings is 1. The van der Waals surface area contributed by atoms with Gasteiger partial charge in [-0.3, -0.25) is 4.90 Å². The minimum atomic E-state index is -0.361. The normalized spacial score (nSPS) is 17.2. The molecule has 2 heterocycles. The first-order valence-electron chi connectivity index (χ1n) is 6.69. The number of piperazine rings is 1. The molecule has 0 amide bonds. The minimum Gasteiger partial charge on any atom is -0.314 e. The Morgan fingerprint density at radius 3 is 2.62 bits per heavy atom. The van der Waals surface area contributed by atoms with Gasteiger partial charge in [-0.15, -0.1) is 23.7 Å². The lowest BCUT2D eigenvalue weighted by atomic mass is 10.0. The Hall–Kier alpha value is -0.650. The third-order valence-electron chi connectivity index (χ3n) is 3.59. The van der Waals surface area contributed by atoms with Crippen LogP contribution in [0.15, 0.2) is 35.7 Å². The topological polar surface area (TPSA) is 15.3 Å². The van der Waals surface area contributed by atoms with Crippen LogP contribution in [-0.4, -0.2) is 31.1 Å². The summed E-state index contributed by atoms with van der Waals surface area (Å²) >= 11 is 7.69. The lowest BCUT2D eigenvalue weighted by molar-refractivity contribution is 0.200. The second kappa shape index (κ2) is 7.56. The first-order chi connectivity index (χ1) is 9.75. The molecule has 1 aliphatic heterocycles. The lowest BCUT2D eigenvalue weighted by Crippen LogP contribution is -2.45. The molecule has 1 aliphatic rings. The van der Waals surface area contributed by atoms with E-state index in [2.05, 4.69) is 27.7 Å². The molecule has 0 saturated carbocycles. The fourth-order valence-electron chi connectivity index (χ4n) is 2.62. The molecule has 21 heavy (non-hydrogen) atoms. The second-order valence-corrected chi connectivity index (χ2v) is 6.26. The van der Waals surface area contributed by atoms with E-state index in [9.17, 15) is 4.39 Å². The van der Waals surface area contributed by atoms with E-state index in [0.717, 1.165) is 31.7 Å². The molecule has 0 radical (unpaired) electrons. The maximum absolute atomic E-state index is 13.4. The van der Waals surface area contributed by atoms with Gasteiger partial charge in [0, 0.05) is 31.1 Å². The van der Waals surface area contributed by atoms with Crippen LogP contribution in [0.4, 0.5) is 4.39 Å². The first kappa shape index (κ1) is 16.7. The van der Waals surface area contributed by atoms with Crippen molar-refractivity contribution in [3.05, 3.63) is 57.0 Å². The fraction of sp³-hybridized carbons (Fsp3) is 0.333. The Kier molecular flexibility index (Phi) is 6.02. The van der Waals surface area contributed by atoms with Gasteiger partial charge in [-0.05, 0) is 29.1 Å². The maximum Gasteiger partial charge on any atom is 0.141 e. The van der Waals surface area contributed by atoms with Crippen molar-refractivity contribution in [2.75, 3.05) is 26.2 Å². The number of benzene rings is 1. The van der Waals surface area contributed by atoms with Gasteiger partial charge in [0.1, 0.15) is 5.82 Å². The Labute approximate surface area is 139 Å². The second-order valence-electron chi connectivity index (χ2n) is 4.88. The van der Waals surface area contributed by atoms with Crippen LogP contribution in [0.1, 0.15) is 16.5 Å². The number of nitrogens with zero attached hydrogens (tertiary/aromatic N) is 1. The van der Waals surface area contributed by atoms with Crippen LogP contribution >= 0.6 is 35.3 Å². The minimum absolute atomic E-state index is 0. The van der Waals surface area contributed by atoms with E-state index in [1.165, 1.54) is 10.9 Å². The zero-order chi connectivity index (χ0) is 13.9. The first-order valence-corrected chi connectivity index (χ1v) is 7.94. The molecule has 2 nitrogen and oxygen atoms in total. The number of nitrogens with one attached hydrogen (secondary N) is 1. The van der Waals surface area contributed by atoms with Gasteiger partial charge in [-0.1, -0.05) is 23.7 Å². The summed E-state index contributed by atoms with van der Waals surface area (Å²) in [5.41, 5.74) is 1.06. The molecule has 0 bridgehead atoms. The van der Waals surface area contributed by atoms with E-state index in [4.69, 9.17) is 11.6 Å². The summed E-state index contributed by atoms with van der Waals surface area (Å²) in [5, 5.41) is 5.64. The van der Waals surface area contributed by atoms with Gasteiger partial charge >= 0.3 is 0 Å². The van der Waals surface area contributed by atoms with Crippen LogP contribution in [0, 0.1) is 5.82 Å². The SMILES string of the molecule is Cl.Fc1ccc([C@@H](c2cccs2)N2CCNCC2)cc1Cl. The molecular formula is C15H17Cl2FN2S. The van der Waals surface area contributed by atoms with Crippen molar-refractivity contribution in [2.45, 2.75) is 6.04 Å². The molecule has 0 spiro atoms. The zero-order valence-electron chi connectivity index (χ0n) is 11.4. The smallest absolute Gasteiger partial charge is 0.141 e. The van der Waals surface area contributed by atoms with Crippen molar-refractivity contribution in [1.29, 1.82) is 0 Å². The molecule has 0 unspecified atom stereocenters. The van der Waals surface area contributed by atoms with E-state index in [0.29, 0.717) is 0 Å². The van der Waals surface area contributed by atoms with Crippen LogP contribution in [0.25, 0.3) is 0 Å². The van der Waals surface area contributed by atoms with Crippen molar-refractivity contribution >= 4 is 35.3 Å². The highest BCUT2D eigenvalue weighted by atomic mass is 35.5. The predicted molar refractivity (Wildman–Crippen MR) is 89.3 cm³/mol. The Morgan fingerprint density at radius 1 is 1.24 bits per heavy atom. The number of hydrogen-bond acceptors (Lipinski definition) is 3. The molecule has 1 aromatic carbocycles. The molecule has 1 aromatic heterocycles. The average Bonchev–Trinajstić information content (AvgIpc) is 2.98. The Morgan fingerprint density at radius 2 is 2.00 bits per heavy atom. The van der Waals surface area contributed by atoms with Crippen molar-refractivity contribution < 1.29 is 4.39 Å². The molecule has 1 saturated heterocycles. The summed E-state index contributed by atoms with van der Waals surface area (Å²) in [6, 6.07) is 9.40.